The minimum Gasteiger partial charge on any atom is -0.497 e. The Morgan fingerprint density at radius 2 is 1.62 bits per heavy atom. The number of hydrogen-bond acceptors (Lipinski definition) is 6. The molecule has 0 spiro atoms. The van der Waals surface area contributed by atoms with Crippen LogP contribution in [0.4, 0.5) is 4.39 Å². The zero-order valence-corrected chi connectivity index (χ0v) is 22.4. The van der Waals surface area contributed by atoms with Gasteiger partial charge in [-0.1, -0.05) is 24.3 Å². The van der Waals surface area contributed by atoms with E-state index >= 15 is 0 Å². The number of halogens is 1. The van der Waals surface area contributed by atoms with Crippen LogP contribution in [0.15, 0.2) is 67.0 Å². The van der Waals surface area contributed by atoms with Crippen LogP contribution in [0.3, 0.4) is 0 Å². The predicted molar refractivity (Wildman–Crippen MR) is 148 cm³/mol. The number of carbonyl (C=O) groups is 2. The highest BCUT2D eigenvalue weighted by Crippen LogP contribution is 2.25. The summed E-state index contributed by atoms with van der Waals surface area (Å²) >= 11 is 0. The molecular weight excluding hydrogens is 515 g/mol. The molecule has 0 bridgehead atoms. The Labute approximate surface area is 231 Å². The number of likely N-dealkylation sites (tertiary alicyclic amines) is 1. The second kappa shape index (κ2) is 13.7. The number of rotatable bonds is 8. The maximum absolute atomic E-state index is 13.4. The Kier molecular flexibility index (Phi) is 9.80. The van der Waals surface area contributed by atoms with Gasteiger partial charge in [0, 0.05) is 25.7 Å². The number of aromatic nitrogens is 3. The molecule has 0 aliphatic carbocycles. The average molecular weight is 549 g/mol. The van der Waals surface area contributed by atoms with Crippen molar-refractivity contribution in [3.8, 4) is 5.75 Å². The molecule has 1 aliphatic heterocycles. The van der Waals surface area contributed by atoms with E-state index in [1.807, 2.05) is 42.7 Å². The first kappa shape index (κ1) is 28.7. The molecule has 0 radical (unpaired) electrons. The van der Waals surface area contributed by atoms with Gasteiger partial charge in [-0.15, -0.1) is 0 Å². The van der Waals surface area contributed by atoms with E-state index in [1.54, 1.807) is 7.11 Å². The summed E-state index contributed by atoms with van der Waals surface area (Å²) < 4.78 is 20.9. The number of pyridine rings is 1. The van der Waals surface area contributed by atoms with Gasteiger partial charge in [0.05, 0.1) is 18.8 Å². The molecule has 3 heterocycles. The molecule has 9 nitrogen and oxygen atoms in total. The highest BCUT2D eigenvalue weighted by Gasteiger charge is 2.22. The van der Waals surface area contributed by atoms with Crippen molar-refractivity contribution < 1.29 is 28.9 Å². The third-order valence-corrected chi connectivity index (χ3v) is 7.12. The number of nitrogens with zero attached hydrogens (tertiary/aromatic N) is 4. The number of benzene rings is 2. The number of methoxy groups -OCH3 is 1. The predicted octanol–water partition coefficient (Wildman–Crippen LogP) is 4.28. The van der Waals surface area contributed by atoms with Gasteiger partial charge < -0.3 is 24.4 Å². The SMILES string of the molecule is COc1ccc(CCN2CCC(Cc3nc4cnccc4n3Cc3ccc(F)cc3)CC2)cc1.O=C(O)C(=O)O. The lowest BCUT2D eigenvalue weighted by atomic mass is 9.93. The number of imidazole rings is 1. The Morgan fingerprint density at radius 1 is 0.975 bits per heavy atom. The molecule has 1 fully saturated rings. The minimum atomic E-state index is -1.82. The monoisotopic (exact) mass is 548 g/mol. The van der Waals surface area contributed by atoms with Crippen LogP contribution in [-0.2, 0) is 29.0 Å². The first-order valence-corrected chi connectivity index (χ1v) is 13.2. The summed E-state index contributed by atoms with van der Waals surface area (Å²) in [4.78, 5) is 30.0. The van der Waals surface area contributed by atoms with Gasteiger partial charge in [0.25, 0.3) is 0 Å². The number of fused-ring (bicyclic) bond motifs is 1. The van der Waals surface area contributed by atoms with E-state index in [1.165, 1.54) is 30.5 Å². The van der Waals surface area contributed by atoms with E-state index in [9.17, 15) is 4.39 Å². The zero-order chi connectivity index (χ0) is 28.5. The number of carboxylic acids is 2. The van der Waals surface area contributed by atoms with E-state index in [2.05, 4.69) is 26.6 Å². The number of hydrogen-bond donors (Lipinski definition) is 2. The second-order valence-electron chi connectivity index (χ2n) is 9.80. The summed E-state index contributed by atoms with van der Waals surface area (Å²) in [7, 11) is 1.70. The van der Waals surface area contributed by atoms with Crippen molar-refractivity contribution in [2.24, 2.45) is 5.92 Å². The van der Waals surface area contributed by atoms with Crippen molar-refractivity contribution in [2.75, 3.05) is 26.7 Å². The number of ether oxygens (including phenoxy) is 1. The molecule has 0 unspecified atom stereocenters. The van der Waals surface area contributed by atoms with Gasteiger partial charge in [-0.25, -0.2) is 19.0 Å². The smallest absolute Gasteiger partial charge is 0.414 e. The maximum atomic E-state index is 13.4. The van der Waals surface area contributed by atoms with Gasteiger partial charge in [-0.05, 0) is 79.7 Å². The van der Waals surface area contributed by atoms with Crippen LogP contribution in [0.25, 0.3) is 11.0 Å². The third-order valence-electron chi connectivity index (χ3n) is 7.12. The maximum Gasteiger partial charge on any atom is 0.414 e. The summed E-state index contributed by atoms with van der Waals surface area (Å²) in [6.45, 7) is 4.03. The number of carboxylic acid groups (broad SMARTS) is 2. The van der Waals surface area contributed by atoms with Gasteiger partial charge in [-0.2, -0.15) is 0 Å². The Hall–Kier alpha value is -4.31. The first-order chi connectivity index (χ1) is 19.3. The molecular formula is C30H33FN4O5. The lowest BCUT2D eigenvalue weighted by Gasteiger charge is -2.32. The summed E-state index contributed by atoms with van der Waals surface area (Å²) in [6, 6.07) is 17.2. The van der Waals surface area contributed by atoms with Crippen molar-refractivity contribution in [1.82, 2.24) is 19.4 Å². The molecule has 2 aromatic carbocycles. The fraction of sp³-hybridized carbons (Fsp3) is 0.333. The number of aliphatic carboxylic acids is 2. The highest BCUT2D eigenvalue weighted by molar-refractivity contribution is 6.27. The van der Waals surface area contributed by atoms with Crippen LogP contribution in [0.1, 0.15) is 29.8 Å². The van der Waals surface area contributed by atoms with Crippen LogP contribution >= 0.6 is 0 Å². The fourth-order valence-corrected chi connectivity index (χ4v) is 4.89. The lowest BCUT2D eigenvalue weighted by molar-refractivity contribution is -0.159. The molecule has 40 heavy (non-hydrogen) atoms. The van der Waals surface area contributed by atoms with E-state index in [4.69, 9.17) is 29.5 Å². The standard InChI is InChI=1S/C28H31FN4O.C2H2O4/c1-34-25-8-4-21(5-9-25)11-15-32-16-12-22(13-17-32)18-28-31-26-19-30-14-10-27(26)33(28)20-23-2-6-24(29)7-3-23;3-1(4)2(5)6/h2-10,14,19,22H,11-13,15-18,20H2,1H3;(H,3,4)(H,5,6). The summed E-state index contributed by atoms with van der Waals surface area (Å²) in [6.07, 6.45) is 8.04. The van der Waals surface area contributed by atoms with Crippen LogP contribution in [0.2, 0.25) is 0 Å². The first-order valence-electron chi connectivity index (χ1n) is 13.2. The van der Waals surface area contributed by atoms with Gasteiger partial charge in [0.1, 0.15) is 22.9 Å². The quantitative estimate of drug-likeness (QED) is 0.314. The minimum absolute atomic E-state index is 0.206. The second-order valence-corrected chi connectivity index (χ2v) is 9.80. The molecule has 1 aliphatic rings. The number of piperidine rings is 1. The zero-order valence-electron chi connectivity index (χ0n) is 22.4. The van der Waals surface area contributed by atoms with Crippen molar-refractivity contribution in [3.63, 3.8) is 0 Å². The molecule has 0 amide bonds. The van der Waals surface area contributed by atoms with Crippen molar-refractivity contribution in [2.45, 2.75) is 32.2 Å². The van der Waals surface area contributed by atoms with Crippen LogP contribution in [0, 0.1) is 11.7 Å². The van der Waals surface area contributed by atoms with Gasteiger partial charge in [-0.3, -0.25) is 4.98 Å². The molecule has 2 N–H and O–H groups in total. The fourth-order valence-electron chi connectivity index (χ4n) is 4.89. The third kappa shape index (κ3) is 7.86. The Bertz CT molecular complexity index is 1400. The summed E-state index contributed by atoms with van der Waals surface area (Å²) in [5, 5.41) is 14.8. The van der Waals surface area contributed by atoms with Crippen LogP contribution < -0.4 is 4.74 Å². The normalized spacial score (nSPS) is 13.9. The van der Waals surface area contributed by atoms with Crippen molar-refractivity contribution >= 4 is 23.0 Å². The molecule has 2 aromatic heterocycles. The summed E-state index contributed by atoms with van der Waals surface area (Å²) in [5.74, 6) is -1.23. The van der Waals surface area contributed by atoms with Gasteiger partial charge >= 0.3 is 11.9 Å². The molecule has 5 rings (SSSR count). The average Bonchev–Trinajstić information content (AvgIpc) is 3.31. The molecule has 0 atom stereocenters. The van der Waals surface area contributed by atoms with Crippen LogP contribution in [0.5, 0.6) is 5.75 Å². The van der Waals surface area contributed by atoms with Gasteiger partial charge in [0.15, 0.2) is 0 Å². The van der Waals surface area contributed by atoms with E-state index in [-0.39, 0.29) is 5.82 Å². The highest BCUT2D eigenvalue weighted by atomic mass is 19.1. The lowest BCUT2D eigenvalue weighted by Crippen LogP contribution is -2.36. The van der Waals surface area contributed by atoms with E-state index in [0.29, 0.717) is 12.5 Å². The largest absolute Gasteiger partial charge is 0.497 e. The Balaban J connectivity index is 0.000000557. The molecule has 210 valence electrons. The van der Waals surface area contributed by atoms with Gasteiger partial charge in [0.2, 0.25) is 0 Å². The topological polar surface area (TPSA) is 118 Å². The van der Waals surface area contributed by atoms with Crippen molar-refractivity contribution in [3.05, 3.63) is 89.8 Å². The van der Waals surface area contributed by atoms with Crippen molar-refractivity contribution in [1.29, 1.82) is 0 Å². The molecule has 4 aromatic rings. The summed E-state index contributed by atoms with van der Waals surface area (Å²) in [5.41, 5.74) is 4.45. The molecule has 10 heteroatoms. The van der Waals surface area contributed by atoms with E-state index < -0.39 is 11.9 Å². The van der Waals surface area contributed by atoms with Crippen LogP contribution in [-0.4, -0.2) is 68.3 Å². The Morgan fingerprint density at radius 3 is 2.25 bits per heavy atom. The molecule has 0 saturated carbocycles. The molecule has 1 saturated heterocycles. The van der Waals surface area contributed by atoms with E-state index in [0.717, 1.165) is 60.6 Å².